The molecule has 0 bridgehead atoms. The van der Waals surface area contributed by atoms with Gasteiger partial charge in [0, 0.05) is 5.54 Å². The Bertz CT molecular complexity index is 406. The molecule has 5 heteroatoms. The van der Waals surface area contributed by atoms with Gasteiger partial charge in [-0.3, -0.25) is 9.59 Å². The Morgan fingerprint density at radius 3 is 2.50 bits per heavy atom. The van der Waals surface area contributed by atoms with Crippen LogP contribution in [-0.2, 0) is 4.79 Å². The first-order chi connectivity index (χ1) is 7.30. The highest BCUT2D eigenvalue weighted by molar-refractivity contribution is 5.92. The van der Waals surface area contributed by atoms with E-state index in [-0.39, 0.29) is 12.2 Å². The van der Waals surface area contributed by atoms with E-state index in [0.717, 1.165) is 0 Å². The fourth-order valence-corrected chi connectivity index (χ4v) is 1.35. The van der Waals surface area contributed by atoms with Crippen molar-refractivity contribution < 1.29 is 19.1 Å². The van der Waals surface area contributed by atoms with E-state index in [1.807, 2.05) is 0 Å². The minimum Gasteiger partial charge on any atom is -0.481 e. The highest BCUT2D eigenvalue weighted by Crippen LogP contribution is 2.12. The summed E-state index contributed by atoms with van der Waals surface area (Å²) in [5, 5.41) is 11.3. The fourth-order valence-electron chi connectivity index (χ4n) is 1.35. The molecule has 1 rings (SSSR count). The molecular formula is C11H15NO4. The molecule has 0 saturated carbocycles. The van der Waals surface area contributed by atoms with Crippen LogP contribution in [0.3, 0.4) is 0 Å². The Kier molecular flexibility index (Phi) is 3.37. The SMILES string of the molecule is Cc1ccc(C(=O)NC(C)(C)CC(=O)O)o1. The van der Waals surface area contributed by atoms with Gasteiger partial charge in [-0.05, 0) is 32.9 Å². The largest absolute Gasteiger partial charge is 0.481 e. The van der Waals surface area contributed by atoms with E-state index < -0.39 is 17.4 Å². The molecule has 5 nitrogen and oxygen atoms in total. The van der Waals surface area contributed by atoms with Crippen molar-refractivity contribution in [3.8, 4) is 0 Å². The molecule has 0 fully saturated rings. The number of furan rings is 1. The van der Waals surface area contributed by atoms with Crippen molar-refractivity contribution >= 4 is 11.9 Å². The molecule has 1 aromatic heterocycles. The minimum absolute atomic E-state index is 0.140. The lowest BCUT2D eigenvalue weighted by Gasteiger charge is -2.23. The number of rotatable bonds is 4. The number of hydrogen-bond acceptors (Lipinski definition) is 3. The van der Waals surface area contributed by atoms with Crippen LogP contribution in [0.2, 0.25) is 0 Å². The molecule has 0 atom stereocenters. The van der Waals surface area contributed by atoms with Gasteiger partial charge in [-0.15, -0.1) is 0 Å². The van der Waals surface area contributed by atoms with Gasteiger partial charge in [0.1, 0.15) is 5.76 Å². The van der Waals surface area contributed by atoms with E-state index in [4.69, 9.17) is 9.52 Å². The van der Waals surface area contributed by atoms with Crippen molar-refractivity contribution in [1.29, 1.82) is 0 Å². The monoisotopic (exact) mass is 225 g/mol. The summed E-state index contributed by atoms with van der Waals surface area (Å²) in [6, 6.07) is 3.24. The van der Waals surface area contributed by atoms with Crippen LogP contribution in [0.1, 0.15) is 36.6 Å². The second-order valence-electron chi connectivity index (χ2n) is 4.32. The second-order valence-corrected chi connectivity index (χ2v) is 4.32. The van der Waals surface area contributed by atoms with Crippen LogP contribution in [0.4, 0.5) is 0 Å². The van der Waals surface area contributed by atoms with E-state index in [9.17, 15) is 9.59 Å². The number of amides is 1. The number of carbonyl (C=O) groups excluding carboxylic acids is 1. The zero-order chi connectivity index (χ0) is 12.3. The van der Waals surface area contributed by atoms with E-state index in [1.165, 1.54) is 0 Å². The summed E-state index contributed by atoms with van der Waals surface area (Å²) in [7, 11) is 0. The number of aliphatic carboxylic acids is 1. The quantitative estimate of drug-likeness (QED) is 0.815. The zero-order valence-electron chi connectivity index (χ0n) is 9.53. The normalized spacial score (nSPS) is 11.2. The van der Waals surface area contributed by atoms with Crippen LogP contribution in [-0.4, -0.2) is 22.5 Å². The van der Waals surface area contributed by atoms with Crippen LogP contribution in [0.25, 0.3) is 0 Å². The van der Waals surface area contributed by atoms with Crippen LogP contribution >= 0.6 is 0 Å². The van der Waals surface area contributed by atoms with Crippen molar-refractivity contribution in [2.45, 2.75) is 32.7 Å². The molecule has 0 aliphatic rings. The van der Waals surface area contributed by atoms with E-state index in [2.05, 4.69) is 5.32 Å². The lowest BCUT2D eigenvalue weighted by molar-refractivity contribution is -0.138. The molecular weight excluding hydrogens is 210 g/mol. The Labute approximate surface area is 93.4 Å². The predicted molar refractivity (Wildman–Crippen MR) is 57.2 cm³/mol. The van der Waals surface area contributed by atoms with Gasteiger partial charge < -0.3 is 14.8 Å². The predicted octanol–water partition coefficient (Wildman–Crippen LogP) is 1.57. The highest BCUT2D eigenvalue weighted by atomic mass is 16.4. The summed E-state index contributed by atoms with van der Waals surface area (Å²) in [4.78, 5) is 22.2. The smallest absolute Gasteiger partial charge is 0.305 e. The van der Waals surface area contributed by atoms with Crippen molar-refractivity contribution in [3.05, 3.63) is 23.7 Å². The number of hydrogen-bond donors (Lipinski definition) is 2. The molecule has 1 heterocycles. The number of carboxylic acid groups (broad SMARTS) is 1. The van der Waals surface area contributed by atoms with Gasteiger partial charge in [-0.25, -0.2) is 0 Å². The summed E-state index contributed by atoms with van der Waals surface area (Å²) in [5.74, 6) is -0.530. The summed E-state index contributed by atoms with van der Waals surface area (Å²) >= 11 is 0. The number of aryl methyl sites for hydroxylation is 1. The van der Waals surface area contributed by atoms with Crippen LogP contribution in [0, 0.1) is 6.92 Å². The van der Waals surface area contributed by atoms with Crippen LogP contribution in [0.15, 0.2) is 16.5 Å². The maximum absolute atomic E-state index is 11.7. The van der Waals surface area contributed by atoms with Gasteiger partial charge in [-0.2, -0.15) is 0 Å². The molecule has 16 heavy (non-hydrogen) atoms. The molecule has 0 radical (unpaired) electrons. The number of nitrogens with one attached hydrogen (secondary N) is 1. The molecule has 2 N–H and O–H groups in total. The Hall–Kier alpha value is -1.78. The standard InChI is InChI=1S/C11H15NO4/c1-7-4-5-8(16-7)10(15)12-11(2,3)6-9(13)14/h4-5H,6H2,1-3H3,(H,12,15)(H,13,14). The molecule has 1 aromatic rings. The number of carboxylic acids is 1. The average Bonchev–Trinajstić information content (AvgIpc) is 2.47. The van der Waals surface area contributed by atoms with Gasteiger partial charge in [0.05, 0.1) is 6.42 Å². The number of carbonyl (C=O) groups is 2. The van der Waals surface area contributed by atoms with Gasteiger partial charge in [0.2, 0.25) is 0 Å². The molecule has 0 saturated heterocycles. The third-order valence-corrected chi connectivity index (χ3v) is 2.01. The van der Waals surface area contributed by atoms with Gasteiger partial charge in [-0.1, -0.05) is 0 Å². The second kappa shape index (κ2) is 4.38. The summed E-state index contributed by atoms with van der Waals surface area (Å²) in [5.41, 5.74) is -0.802. The lowest BCUT2D eigenvalue weighted by Crippen LogP contribution is -2.44. The first kappa shape index (κ1) is 12.3. The van der Waals surface area contributed by atoms with Gasteiger partial charge in [0.25, 0.3) is 5.91 Å². The molecule has 0 aliphatic heterocycles. The van der Waals surface area contributed by atoms with Crippen molar-refractivity contribution in [3.63, 3.8) is 0 Å². The molecule has 0 unspecified atom stereocenters. The molecule has 0 aromatic carbocycles. The first-order valence-corrected chi connectivity index (χ1v) is 4.91. The summed E-state index contributed by atoms with van der Waals surface area (Å²) in [6.45, 7) is 5.03. The maximum atomic E-state index is 11.7. The zero-order valence-corrected chi connectivity index (χ0v) is 9.53. The Morgan fingerprint density at radius 1 is 1.44 bits per heavy atom. The minimum atomic E-state index is -0.957. The van der Waals surface area contributed by atoms with Crippen LogP contribution < -0.4 is 5.32 Å². The van der Waals surface area contributed by atoms with Crippen molar-refractivity contribution in [2.75, 3.05) is 0 Å². The Morgan fingerprint density at radius 2 is 2.06 bits per heavy atom. The first-order valence-electron chi connectivity index (χ1n) is 4.91. The highest BCUT2D eigenvalue weighted by Gasteiger charge is 2.25. The van der Waals surface area contributed by atoms with E-state index in [0.29, 0.717) is 5.76 Å². The van der Waals surface area contributed by atoms with Crippen molar-refractivity contribution in [1.82, 2.24) is 5.32 Å². The fraction of sp³-hybridized carbons (Fsp3) is 0.455. The van der Waals surface area contributed by atoms with E-state index in [1.54, 1.807) is 32.9 Å². The van der Waals surface area contributed by atoms with Crippen LogP contribution in [0.5, 0.6) is 0 Å². The summed E-state index contributed by atoms with van der Waals surface area (Å²) in [6.07, 6.45) is -0.140. The maximum Gasteiger partial charge on any atom is 0.305 e. The average molecular weight is 225 g/mol. The molecule has 1 amide bonds. The molecule has 88 valence electrons. The third kappa shape index (κ3) is 3.42. The topological polar surface area (TPSA) is 79.5 Å². The Balaban J connectivity index is 2.67. The van der Waals surface area contributed by atoms with Gasteiger partial charge in [0.15, 0.2) is 5.76 Å². The molecule has 0 aliphatic carbocycles. The lowest BCUT2D eigenvalue weighted by atomic mass is 10.0. The van der Waals surface area contributed by atoms with E-state index >= 15 is 0 Å². The third-order valence-electron chi connectivity index (χ3n) is 2.01. The molecule has 0 spiro atoms. The van der Waals surface area contributed by atoms with Crippen molar-refractivity contribution in [2.24, 2.45) is 0 Å². The van der Waals surface area contributed by atoms with Gasteiger partial charge >= 0.3 is 5.97 Å². The summed E-state index contributed by atoms with van der Waals surface area (Å²) < 4.78 is 5.14.